The number of hydrogen-bond acceptors (Lipinski definition) is 3. The third kappa shape index (κ3) is 8.22. The first-order valence-corrected chi connectivity index (χ1v) is 4.70. The van der Waals surface area contributed by atoms with Gasteiger partial charge in [-0.15, -0.1) is 0 Å². The molecule has 0 aliphatic heterocycles. The minimum absolute atomic E-state index is 0.279. The Labute approximate surface area is 81.7 Å². The first-order valence-electron chi connectivity index (χ1n) is 4.70. The molecule has 0 radical (unpaired) electrons. The van der Waals surface area contributed by atoms with Crippen molar-refractivity contribution in [2.24, 2.45) is 5.41 Å². The Kier molecular flexibility index (Phi) is 5.53. The molecule has 3 heteroatoms. The predicted molar refractivity (Wildman–Crippen MR) is 54.8 cm³/mol. The molecule has 1 N–H and O–H groups in total. The van der Waals surface area contributed by atoms with E-state index in [4.69, 9.17) is 4.74 Å². The summed E-state index contributed by atoms with van der Waals surface area (Å²) in [5.74, 6) is 0. The second kappa shape index (κ2) is 5.58. The number of likely N-dealkylation sites (N-methyl/N-ethyl adjacent to an activating group) is 1. The van der Waals surface area contributed by atoms with E-state index in [0.717, 1.165) is 6.54 Å². The molecule has 1 atom stereocenters. The number of aliphatic hydroxyl groups excluding tert-OH is 1. The summed E-state index contributed by atoms with van der Waals surface area (Å²) in [6.45, 7) is 8.62. The van der Waals surface area contributed by atoms with Crippen LogP contribution in [0.1, 0.15) is 20.8 Å². The van der Waals surface area contributed by atoms with Gasteiger partial charge >= 0.3 is 0 Å². The fourth-order valence-corrected chi connectivity index (χ4v) is 1.48. The first kappa shape index (κ1) is 12.9. The lowest BCUT2D eigenvalue weighted by atomic mass is 9.96. The fraction of sp³-hybridized carbons (Fsp3) is 1.00. The quantitative estimate of drug-likeness (QED) is 0.699. The fourth-order valence-electron chi connectivity index (χ4n) is 1.48. The molecule has 0 aliphatic carbocycles. The van der Waals surface area contributed by atoms with Gasteiger partial charge in [-0.2, -0.15) is 0 Å². The summed E-state index contributed by atoms with van der Waals surface area (Å²) in [5, 5.41) is 9.45. The third-order valence-electron chi connectivity index (χ3n) is 1.63. The molecule has 0 rings (SSSR count). The van der Waals surface area contributed by atoms with E-state index in [-0.39, 0.29) is 11.5 Å². The average molecular weight is 189 g/mol. The van der Waals surface area contributed by atoms with Crippen molar-refractivity contribution in [3.05, 3.63) is 0 Å². The third-order valence-corrected chi connectivity index (χ3v) is 1.63. The molecule has 0 saturated heterocycles. The van der Waals surface area contributed by atoms with Gasteiger partial charge in [0.25, 0.3) is 0 Å². The van der Waals surface area contributed by atoms with E-state index in [2.05, 4.69) is 25.7 Å². The second-order valence-electron chi connectivity index (χ2n) is 4.87. The molecule has 1 unspecified atom stereocenters. The van der Waals surface area contributed by atoms with Gasteiger partial charge in [0.2, 0.25) is 0 Å². The number of hydrogen-bond donors (Lipinski definition) is 1. The van der Waals surface area contributed by atoms with Crippen molar-refractivity contribution in [2.45, 2.75) is 26.9 Å². The SMILES string of the molecule is COCC(O)CN(C)CC(C)(C)C. The standard InChI is InChI=1S/C10H23NO2/c1-10(2,3)8-11(4)6-9(12)7-13-5/h9,12H,6-8H2,1-5H3. The lowest BCUT2D eigenvalue weighted by Gasteiger charge is -2.27. The maximum Gasteiger partial charge on any atom is 0.0899 e. The predicted octanol–water partition coefficient (Wildman–Crippen LogP) is 0.972. The van der Waals surface area contributed by atoms with Gasteiger partial charge in [-0.05, 0) is 12.5 Å². The van der Waals surface area contributed by atoms with Crippen LogP contribution in [-0.2, 0) is 4.74 Å². The van der Waals surface area contributed by atoms with E-state index >= 15 is 0 Å². The minimum Gasteiger partial charge on any atom is -0.389 e. The molecule has 80 valence electrons. The Balaban J connectivity index is 3.67. The summed E-state index contributed by atoms with van der Waals surface area (Å²) < 4.78 is 4.86. The summed E-state index contributed by atoms with van der Waals surface area (Å²) >= 11 is 0. The molecule has 0 aromatic carbocycles. The largest absolute Gasteiger partial charge is 0.389 e. The smallest absolute Gasteiger partial charge is 0.0899 e. The van der Waals surface area contributed by atoms with Crippen molar-refractivity contribution in [3.8, 4) is 0 Å². The Hall–Kier alpha value is -0.120. The van der Waals surface area contributed by atoms with Crippen molar-refractivity contribution < 1.29 is 9.84 Å². The molecule has 0 heterocycles. The van der Waals surface area contributed by atoms with E-state index in [1.54, 1.807) is 7.11 Å². The van der Waals surface area contributed by atoms with Gasteiger partial charge in [-0.25, -0.2) is 0 Å². The summed E-state index contributed by atoms with van der Waals surface area (Å²) in [6.07, 6.45) is -0.377. The highest BCUT2D eigenvalue weighted by Crippen LogP contribution is 2.13. The number of ether oxygens (including phenoxy) is 1. The van der Waals surface area contributed by atoms with Crippen LogP contribution in [0, 0.1) is 5.41 Å². The molecule has 0 aliphatic rings. The number of rotatable bonds is 5. The summed E-state index contributed by atoms with van der Waals surface area (Å²) in [6, 6.07) is 0. The van der Waals surface area contributed by atoms with Crippen molar-refractivity contribution >= 4 is 0 Å². The van der Waals surface area contributed by atoms with E-state index in [1.807, 2.05) is 7.05 Å². The zero-order chi connectivity index (χ0) is 10.5. The molecule has 0 fully saturated rings. The van der Waals surface area contributed by atoms with Crippen molar-refractivity contribution in [1.82, 2.24) is 4.90 Å². The van der Waals surface area contributed by atoms with Crippen LogP contribution in [-0.4, -0.2) is 50.0 Å². The van der Waals surface area contributed by atoms with Crippen LogP contribution in [0.4, 0.5) is 0 Å². The van der Waals surface area contributed by atoms with Crippen LogP contribution in [0.2, 0.25) is 0 Å². The monoisotopic (exact) mass is 189 g/mol. The number of aliphatic hydroxyl groups is 1. The van der Waals surface area contributed by atoms with Crippen LogP contribution >= 0.6 is 0 Å². The molecule has 0 amide bonds. The van der Waals surface area contributed by atoms with Crippen LogP contribution in [0.5, 0.6) is 0 Å². The van der Waals surface area contributed by atoms with Crippen LogP contribution in [0.15, 0.2) is 0 Å². The van der Waals surface area contributed by atoms with Gasteiger partial charge in [0, 0.05) is 20.2 Å². The Morgan fingerprint density at radius 3 is 2.31 bits per heavy atom. The summed E-state index contributed by atoms with van der Waals surface area (Å²) in [7, 11) is 3.62. The van der Waals surface area contributed by atoms with E-state index in [1.165, 1.54) is 0 Å². The maximum absolute atomic E-state index is 9.45. The topological polar surface area (TPSA) is 32.7 Å². The molecule has 3 nitrogen and oxygen atoms in total. The number of nitrogens with zero attached hydrogens (tertiary/aromatic N) is 1. The normalized spacial score (nSPS) is 15.0. The highest BCUT2D eigenvalue weighted by atomic mass is 16.5. The van der Waals surface area contributed by atoms with Gasteiger partial charge in [-0.1, -0.05) is 20.8 Å². The van der Waals surface area contributed by atoms with Crippen molar-refractivity contribution in [1.29, 1.82) is 0 Å². The van der Waals surface area contributed by atoms with Gasteiger partial charge < -0.3 is 14.7 Å². The molecular formula is C10H23NO2. The first-order chi connectivity index (χ1) is 5.85. The molecule has 0 aromatic rings. The molecule has 0 bridgehead atoms. The Bertz CT molecular complexity index is 131. The lowest BCUT2D eigenvalue weighted by molar-refractivity contribution is 0.0372. The average Bonchev–Trinajstić information content (AvgIpc) is 1.81. The van der Waals surface area contributed by atoms with Gasteiger partial charge in [0.15, 0.2) is 0 Å². The van der Waals surface area contributed by atoms with Gasteiger partial charge in [0.1, 0.15) is 0 Å². The van der Waals surface area contributed by atoms with Gasteiger partial charge in [-0.3, -0.25) is 0 Å². The zero-order valence-corrected chi connectivity index (χ0v) is 9.50. The molecule has 0 aromatic heterocycles. The van der Waals surface area contributed by atoms with E-state index < -0.39 is 0 Å². The minimum atomic E-state index is -0.377. The van der Waals surface area contributed by atoms with Gasteiger partial charge in [0.05, 0.1) is 12.7 Å². The number of methoxy groups -OCH3 is 1. The highest BCUT2D eigenvalue weighted by Gasteiger charge is 2.15. The van der Waals surface area contributed by atoms with E-state index in [9.17, 15) is 5.11 Å². The van der Waals surface area contributed by atoms with Crippen molar-refractivity contribution in [3.63, 3.8) is 0 Å². The zero-order valence-electron chi connectivity index (χ0n) is 9.50. The summed E-state index contributed by atoms with van der Waals surface area (Å²) in [4.78, 5) is 2.13. The maximum atomic E-state index is 9.45. The van der Waals surface area contributed by atoms with E-state index in [0.29, 0.717) is 13.2 Å². The highest BCUT2D eigenvalue weighted by molar-refractivity contribution is 4.68. The summed E-state index contributed by atoms with van der Waals surface area (Å²) in [5.41, 5.74) is 0.279. The van der Waals surface area contributed by atoms with Crippen molar-refractivity contribution in [2.75, 3.05) is 33.9 Å². The van der Waals surface area contributed by atoms with Crippen LogP contribution in [0.3, 0.4) is 0 Å². The lowest BCUT2D eigenvalue weighted by Crippen LogP contribution is -2.36. The molecule has 0 saturated carbocycles. The molecular weight excluding hydrogens is 166 g/mol. The Morgan fingerprint density at radius 1 is 1.38 bits per heavy atom. The Morgan fingerprint density at radius 2 is 1.92 bits per heavy atom. The van der Waals surface area contributed by atoms with Crippen LogP contribution < -0.4 is 0 Å². The van der Waals surface area contributed by atoms with Crippen LogP contribution in [0.25, 0.3) is 0 Å². The molecule has 0 spiro atoms. The second-order valence-corrected chi connectivity index (χ2v) is 4.87. The molecule has 13 heavy (non-hydrogen) atoms.